The van der Waals surface area contributed by atoms with Gasteiger partial charge in [-0.05, 0) is 5.92 Å². The van der Waals surface area contributed by atoms with Gasteiger partial charge in [0.15, 0.2) is 0 Å². The molecule has 0 spiro atoms. The monoisotopic (exact) mass is 217 g/mol. The second-order valence-corrected chi connectivity index (χ2v) is 4.33. The minimum atomic E-state index is -0.367. The van der Waals surface area contributed by atoms with Crippen molar-refractivity contribution in [1.82, 2.24) is 5.32 Å². The van der Waals surface area contributed by atoms with Crippen LogP contribution in [0.25, 0.3) is 0 Å². The summed E-state index contributed by atoms with van der Waals surface area (Å²) in [7, 11) is 1.39. The number of nitrogens with one attached hydrogen (secondary N) is 1. The Balaban J connectivity index is 3.96. The summed E-state index contributed by atoms with van der Waals surface area (Å²) in [6.07, 6.45) is 0. The number of rotatable bonds is 7. The van der Waals surface area contributed by atoms with Crippen LogP contribution >= 0.6 is 0 Å². The summed E-state index contributed by atoms with van der Waals surface area (Å²) in [5.41, 5.74) is 0. The number of hydrogen-bond acceptors (Lipinski definition) is 4. The lowest BCUT2D eigenvalue weighted by atomic mass is 10.2. The molecule has 90 valence electrons. The van der Waals surface area contributed by atoms with Gasteiger partial charge in [0.2, 0.25) is 0 Å². The predicted octanol–water partition coefficient (Wildman–Crippen LogP) is 1.20. The van der Waals surface area contributed by atoms with Crippen LogP contribution in [0.1, 0.15) is 27.7 Å². The van der Waals surface area contributed by atoms with Crippen molar-refractivity contribution >= 4 is 5.97 Å². The minimum absolute atomic E-state index is 0.233. The average molecular weight is 217 g/mol. The number of carbonyl (C=O) groups excluding carboxylic acids is 1. The van der Waals surface area contributed by atoms with Gasteiger partial charge in [0.25, 0.3) is 0 Å². The van der Waals surface area contributed by atoms with Gasteiger partial charge in [-0.25, -0.2) is 0 Å². The summed E-state index contributed by atoms with van der Waals surface area (Å²) in [4.78, 5) is 11.4. The Labute approximate surface area is 92.3 Å². The maximum atomic E-state index is 11.4. The first-order valence-corrected chi connectivity index (χ1v) is 5.39. The standard InChI is InChI=1S/C11H23NO3/c1-8(2)6-15-7-10(11(13)14-5)12-9(3)4/h8-10,12H,6-7H2,1-5H3. The van der Waals surface area contributed by atoms with Crippen molar-refractivity contribution in [3.05, 3.63) is 0 Å². The molecule has 0 heterocycles. The lowest BCUT2D eigenvalue weighted by Crippen LogP contribution is -2.45. The van der Waals surface area contributed by atoms with Crippen LogP contribution in [-0.4, -0.2) is 38.4 Å². The van der Waals surface area contributed by atoms with Crippen LogP contribution in [0.15, 0.2) is 0 Å². The molecule has 15 heavy (non-hydrogen) atoms. The van der Waals surface area contributed by atoms with E-state index in [9.17, 15) is 4.79 Å². The van der Waals surface area contributed by atoms with E-state index < -0.39 is 0 Å². The predicted molar refractivity (Wildman–Crippen MR) is 59.7 cm³/mol. The first-order valence-electron chi connectivity index (χ1n) is 5.39. The van der Waals surface area contributed by atoms with Gasteiger partial charge in [0, 0.05) is 12.6 Å². The number of ether oxygens (including phenoxy) is 2. The summed E-state index contributed by atoms with van der Waals surface area (Å²) in [6, 6.07) is -0.134. The van der Waals surface area contributed by atoms with Gasteiger partial charge in [-0.3, -0.25) is 4.79 Å². The number of methoxy groups -OCH3 is 1. The van der Waals surface area contributed by atoms with Crippen LogP contribution in [0.3, 0.4) is 0 Å². The Kier molecular flexibility index (Phi) is 7.34. The summed E-state index contributed by atoms with van der Waals surface area (Å²) in [5.74, 6) is 0.204. The molecule has 0 bridgehead atoms. The Bertz CT molecular complexity index is 181. The second kappa shape index (κ2) is 7.65. The topological polar surface area (TPSA) is 47.6 Å². The molecule has 1 unspecified atom stereocenters. The normalized spacial score (nSPS) is 13.3. The lowest BCUT2D eigenvalue weighted by molar-refractivity contribution is -0.145. The smallest absolute Gasteiger partial charge is 0.325 e. The van der Waals surface area contributed by atoms with Crippen LogP contribution in [0.2, 0.25) is 0 Å². The fourth-order valence-electron chi connectivity index (χ4n) is 1.15. The highest BCUT2D eigenvalue weighted by Crippen LogP contribution is 1.97. The van der Waals surface area contributed by atoms with Crippen molar-refractivity contribution in [1.29, 1.82) is 0 Å². The minimum Gasteiger partial charge on any atom is -0.468 e. The average Bonchev–Trinajstić information content (AvgIpc) is 2.14. The van der Waals surface area contributed by atoms with Gasteiger partial charge in [-0.1, -0.05) is 27.7 Å². The van der Waals surface area contributed by atoms with E-state index in [-0.39, 0.29) is 18.1 Å². The van der Waals surface area contributed by atoms with Crippen molar-refractivity contribution < 1.29 is 14.3 Å². The van der Waals surface area contributed by atoms with Gasteiger partial charge in [0.05, 0.1) is 13.7 Å². The quantitative estimate of drug-likeness (QED) is 0.651. The van der Waals surface area contributed by atoms with Gasteiger partial charge in [-0.15, -0.1) is 0 Å². The molecule has 1 atom stereocenters. The molecule has 0 aliphatic rings. The van der Waals surface area contributed by atoms with Crippen molar-refractivity contribution in [3.63, 3.8) is 0 Å². The highest BCUT2D eigenvalue weighted by atomic mass is 16.5. The van der Waals surface area contributed by atoms with Crippen LogP contribution in [0.4, 0.5) is 0 Å². The fraction of sp³-hybridized carbons (Fsp3) is 0.909. The van der Waals surface area contributed by atoms with E-state index in [0.29, 0.717) is 19.1 Å². The molecule has 1 N–H and O–H groups in total. The van der Waals surface area contributed by atoms with E-state index in [2.05, 4.69) is 23.9 Å². The largest absolute Gasteiger partial charge is 0.468 e. The van der Waals surface area contributed by atoms with Crippen LogP contribution < -0.4 is 5.32 Å². The molecule has 0 rings (SSSR count). The Morgan fingerprint density at radius 2 is 1.80 bits per heavy atom. The summed E-state index contributed by atoms with van der Waals surface area (Å²) in [5, 5.41) is 3.10. The van der Waals surface area contributed by atoms with E-state index in [1.807, 2.05) is 13.8 Å². The first-order chi connectivity index (χ1) is 6.97. The van der Waals surface area contributed by atoms with Crippen LogP contribution in [-0.2, 0) is 14.3 Å². The van der Waals surface area contributed by atoms with E-state index in [0.717, 1.165) is 0 Å². The third kappa shape index (κ3) is 7.33. The molecule has 4 heteroatoms. The number of hydrogen-bond donors (Lipinski definition) is 1. The third-order valence-corrected chi connectivity index (χ3v) is 1.76. The molecule has 0 aromatic heterocycles. The molecule has 0 radical (unpaired) electrons. The summed E-state index contributed by atoms with van der Waals surface area (Å²) in [6.45, 7) is 9.14. The fourth-order valence-corrected chi connectivity index (χ4v) is 1.15. The maximum absolute atomic E-state index is 11.4. The highest BCUT2D eigenvalue weighted by Gasteiger charge is 2.19. The zero-order valence-corrected chi connectivity index (χ0v) is 10.4. The SMILES string of the molecule is COC(=O)C(COCC(C)C)NC(C)C. The summed E-state index contributed by atoms with van der Waals surface area (Å²) < 4.78 is 10.1. The van der Waals surface area contributed by atoms with Crippen molar-refractivity contribution in [2.45, 2.75) is 39.8 Å². The molecular formula is C11H23NO3. The van der Waals surface area contributed by atoms with E-state index in [4.69, 9.17) is 4.74 Å². The molecule has 4 nitrogen and oxygen atoms in total. The van der Waals surface area contributed by atoms with Gasteiger partial charge < -0.3 is 14.8 Å². The Morgan fingerprint density at radius 3 is 2.20 bits per heavy atom. The highest BCUT2D eigenvalue weighted by molar-refractivity contribution is 5.75. The second-order valence-electron chi connectivity index (χ2n) is 4.33. The molecule has 0 fully saturated rings. The van der Waals surface area contributed by atoms with Gasteiger partial charge in [-0.2, -0.15) is 0 Å². The maximum Gasteiger partial charge on any atom is 0.325 e. The molecule has 0 saturated carbocycles. The summed E-state index contributed by atoms with van der Waals surface area (Å²) >= 11 is 0. The van der Waals surface area contributed by atoms with Crippen LogP contribution in [0.5, 0.6) is 0 Å². The van der Waals surface area contributed by atoms with E-state index in [1.54, 1.807) is 0 Å². The Hall–Kier alpha value is -0.610. The molecular weight excluding hydrogens is 194 g/mol. The molecule has 0 amide bonds. The van der Waals surface area contributed by atoms with Crippen LogP contribution in [0, 0.1) is 5.92 Å². The molecule has 0 aliphatic carbocycles. The van der Waals surface area contributed by atoms with Crippen molar-refractivity contribution in [3.8, 4) is 0 Å². The zero-order chi connectivity index (χ0) is 11.8. The lowest BCUT2D eigenvalue weighted by Gasteiger charge is -2.19. The molecule has 0 aliphatic heterocycles. The first kappa shape index (κ1) is 14.4. The van der Waals surface area contributed by atoms with E-state index in [1.165, 1.54) is 7.11 Å². The molecule has 0 aromatic carbocycles. The Morgan fingerprint density at radius 1 is 1.20 bits per heavy atom. The van der Waals surface area contributed by atoms with Crippen molar-refractivity contribution in [2.75, 3.05) is 20.3 Å². The zero-order valence-electron chi connectivity index (χ0n) is 10.4. The molecule has 0 aromatic rings. The van der Waals surface area contributed by atoms with Gasteiger partial charge in [0.1, 0.15) is 6.04 Å². The molecule has 0 saturated heterocycles. The third-order valence-electron chi connectivity index (χ3n) is 1.76. The van der Waals surface area contributed by atoms with Gasteiger partial charge >= 0.3 is 5.97 Å². The van der Waals surface area contributed by atoms with E-state index >= 15 is 0 Å². The number of esters is 1. The number of carbonyl (C=O) groups is 1. The van der Waals surface area contributed by atoms with Crippen molar-refractivity contribution in [2.24, 2.45) is 5.92 Å².